The Balaban J connectivity index is 1.89. The van der Waals surface area contributed by atoms with E-state index in [1.807, 2.05) is 6.08 Å². The van der Waals surface area contributed by atoms with Crippen LogP contribution in [-0.2, 0) is 27.2 Å². The average Bonchev–Trinajstić information content (AvgIpc) is 2.82. The van der Waals surface area contributed by atoms with Gasteiger partial charge in [0.25, 0.3) is 0 Å². The number of carbonyl (C=O) groups is 3. The molecule has 3 rings (SSSR count). The molecule has 7 heteroatoms. The monoisotopic (exact) mass is 391 g/mol. The predicted molar refractivity (Wildman–Crippen MR) is 103 cm³/mol. The minimum absolute atomic E-state index is 0.269. The summed E-state index contributed by atoms with van der Waals surface area (Å²) in [5.41, 5.74) is 1.45. The molecule has 2 N–H and O–H groups in total. The molecule has 1 heterocycles. The van der Waals surface area contributed by atoms with Crippen LogP contribution in [0, 0.1) is 11.8 Å². The van der Waals surface area contributed by atoms with Crippen LogP contribution >= 0.6 is 11.3 Å². The number of allylic oxidation sites excluding steroid dienone is 2. The number of aryl methyl sites for hydroxylation is 1. The minimum Gasteiger partial charge on any atom is -0.481 e. The SMILES string of the molecule is CCOC(=O)c1c(NC(=O)C2CC=CCC2C(=O)O)sc2c1CCCCC2. The number of aliphatic carboxylic acids is 1. The fourth-order valence-electron chi connectivity index (χ4n) is 3.83. The van der Waals surface area contributed by atoms with Gasteiger partial charge in [0.1, 0.15) is 5.00 Å². The first-order valence-electron chi connectivity index (χ1n) is 9.53. The van der Waals surface area contributed by atoms with Gasteiger partial charge in [-0.3, -0.25) is 9.59 Å². The lowest BCUT2D eigenvalue weighted by Gasteiger charge is -2.24. The Kier molecular flexibility index (Phi) is 6.31. The van der Waals surface area contributed by atoms with Crippen molar-refractivity contribution in [2.24, 2.45) is 11.8 Å². The molecule has 0 bridgehead atoms. The Bertz CT molecular complexity index is 767. The topological polar surface area (TPSA) is 92.7 Å². The van der Waals surface area contributed by atoms with E-state index in [1.54, 1.807) is 13.0 Å². The first kappa shape index (κ1) is 19.6. The summed E-state index contributed by atoms with van der Waals surface area (Å²) in [4.78, 5) is 38.0. The molecule has 2 atom stereocenters. The quantitative estimate of drug-likeness (QED) is 0.452. The van der Waals surface area contributed by atoms with E-state index in [-0.39, 0.29) is 12.5 Å². The number of hydrogen-bond acceptors (Lipinski definition) is 5. The first-order chi connectivity index (χ1) is 13.0. The van der Waals surface area contributed by atoms with Crippen molar-refractivity contribution in [3.8, 4) is 0 Å². The first-order valence-corrected chi connectivity index (χ1v) is 10.3. The fourth-order valence-corrected chi connectivity index (χ4v) is 5.11. The number of nitrogens with one attached hydrogen (secondary N) is 1. The second-order valence-electron chi connectivity index (χ2n) is 6.97. The number of hydrogen-bond donors (Lipinski definition) is 2. The standard InChI is InChI=1S/C20H25NO5S/c1-2-26-20(25)16-14-10-4-3-5-11-15(14)27-18(16)21-17(22)12-8-6-7-9-13(12)19(23)24/h6-7,12-13H,2-5,8-11H2,1H3,(H,21,22)(H,23,24). The van der Waals surface area contributed by atoms with E-state index >= 15 is 0 Å². The number of esters is 1. The zero-order valence-corrected chi connectivity index (χ0v) is 16.3. The molecule has 0 saturated heterocycles. The zero-order valence-electron chi connectivity index (χ0n) is 15.5. The molecule has 1 aromatic rings. The lowest BCUT2D eigenvalue weighted by atomic mass is 9.82. The van der Waals surface area contributed by atoms with Crippen molar-refractivity contribution < 1.29 is 24.2 Å². The van der Waals surface area contributed by atoms with Crippen molar-refractivity contribution in [1.29, 1.82) is 0 Å². The fraction of sp³-hybridized carbons (Fsp3) is 0.550. The lowest BCUT2D eigenvalue weighted by molar-refractivity contribution is -0.146. The van der Waals surface area contributed by atoms with Gasteiger partial charge in [-0.1, -0.05) is 18.6 Å². The van der Waals surface area contributed by atoms with E-state index in [0.717, 1.165) is 42.5 Å². The van der Waals surface area contributed by atoms with Crippen LogP contribution in [-0.4, -0.2) is 29.6 Å². The largest absolute Gasteiger partial charge is 0.481 e. The van der Waals surface area contributed by atoms with Gasteiger partial charge in [-0.05, 0) is 51.0 Å². The van der Waals surface area contributed by atoms with Crippen molar-refractivity contribution in [2.75, 3.05) is 11.9 Å². The molecule has 0 spiro atoms. The molecule has 6 nitrogen and oxygen atoms in total. The normalized spacial score (nSPS) is 21.8. The van der Waals surface area contributed by atoms with E-state index in [4.69, 9.17) is 4.74 Å². The highest BCUT2D eigenvalue weighted by atomic mass is 32.1. The molecule has 0 aliphatic heterocycles. The van der Waals surface area contributed by atoms with Crippen molar-refractivity contribution in [3.63, 3.8) is 0 Å². The van der Waals surface area contributed by atoms with Gasteiger partial charge in [0.2, 0.25) is 5.91 Å². The number of thiophene rings is 1. The van der Waals surface area contributed by atoms with Gasteiger partial charge in [-0.2, -0.15) is 0 Å². The number of rotatable bonds is 5. The maximum absolute atomic E-state index is 12.8. The Labute approximate surface area is 162 Å². The molecule has 27 heavy (non-hydrogen) atoms. The number of carboxylic acid groups (broad SMARTS) is 1. The van der Waals surface area contributed by atoms with Crippen molar-refractivity contribution in [2.45, 2.75) is 51.9 Å². The molecule has 2 aliphatic carbocycles. The molecular formula is C20H25NO5S. The highest BCUT2D eigenvalue weighted by molar-refractivity contribution is 7.17. The van der Waals surface area contributed by atoms with E-state index in [2.05, 4.69) is 5.32 Å². The van der Waals surface area contributed by atoms with Gasteiger partial charge in [-0.15, -0.1) is 11.3 Å². The Hall–Kier alpha value is -2.15. The Morgan fingerprint density at radius 3 is 2.56 bits per heavy atom. The van der Waals surface area contributed by atoms with Crippen LogP contribution in [0.4, 0.5) is 5.00 Å². The summed E-state index contributed by atoms with van der Waals surface area (Å²) in [6.45, 7) is 2.03. The molecule has 0 radical (unpaired) electrons. The summed E-state index contributed by atoms with van der Waals surface area (Å²) in [5.74, 6) is -3.09. The Morgan fingerprint density at radius 2 is 1.85 bits per heavy atom. The number of ether oxygens (including phenoxy) is 1. The third-order valence-corrected chi connectivity index (χ3v) is 6.43. The van der Waals surface area contributed by atoms with Crippen molar-refractivity contribution in [1.82, 2.24) is 0 Å². The maximum atomic E-state index is 12.8. The third kappa shape index (κ3) is 4.24. The van der Waals surface area contributed by atoms with Gasteiger partial charge in [0.05, 0.1) is 24.0 Å². The summed E-state index contributed by atoms with van der Waals surface area (Å²) in [6, 6.07) is 0. The minimum atomic E-state index is -0.966. The van der Waals surface area contributed by atoms with Crippen LogP contribution in [0.2, 0.25) is 0 Å². The smallest absolute Gasteiger partial charge is 0.341 e. The molecule has 1 amide bonds. The maximum Gasteiger partial charge on any atom is 0.341 e. The van der Waals surface area contributed by atoms with Crippen LogP contribution in [0.3, 0.4) is 0 Å². The zero-order chi connectivity index (χ0) is 19.4. The highest BCUT2D eigenvalue weighted by Crippen LogP contribution is 2.39. The van der Waals surface area contributed by atoms with E-state index in [0.29, 0.717) is 23.4 Å². The molecule has 0 aromatic carbocycles. The summed E-state index contributed by atoms with van der Waals surface area (Å²) < 4.78 is 5.23. The predicted octanol–water partition coefficient (Wildman–Crippen LogP) is 3.80. The molecule has 0 saturated carbocycles. The lowest BCUT2D eigenvalue weighted by Crippen LogP contribution is -2.34. The molecule has 2 unspecified atom stereocenters. The second-order valence-corrected chi connectivity index (χ2v) is 8.08. The summed E-state index contributed by atoms with van der Waals surface area (Å²) in [6.07, 6.45) is 9.29. The van der Waals surface area contributed by atoms with Crippen LogP contribution in [0.1, 0.15) is 59.8 Å². The van der Waals surface area contributed by atoms with E-state index in [1.165, 1.54) is 11.3 Å². The number of carbonyl (C=O) groups excluding carboxylic acids is 2. The number of carboxylic acids is 1. The van der Waals surface area contributed by atoms with Gasteiger partial charge in [0, 0.05) is 4.88 Å². The van der Waals surface area contributed by atoms with Crippen LogP contribution in [0.5, 0.6) is 0 Å². The molecule has 2 aliphatic rings. The van der Waals surface area contributed by atoms with Gasteiger partial charge >= 0.3 is 11.9 Å². The molecule has 1 aromatic heterocycles. The average molecular weight is 391 g/mol. The number of amides is 1. The van der Waals surface area contributed by atoms with Crippen LogP contribution < -0.4 is 5.32 Å². The van der Waals surface area contributed by atoms with Gasteiger partial charge in [-0.25, -0.2) is 4.79 Å². The van der Waals surface area contributed by atoms with Crippen LogP contribution in [0.25, 0.3) is 0 Å². The molecular weight excluding hydrogens is 366 g/mol. The van der Waals surface area contributed by atoms with Gasteiger partial charge in [0.15, 0.2) is 0 Å². The van der Waals surface area contributed by atoms with Crippen molar-refractivity contribution in [3.05, 3.63) is 28.2 Å². The van der Waals surface area contributed by atoms with E-state index in [9.17, 15) is 19.5 Å². The van der Waals surface area contributed by atoms with Gasteiger partial charge < -0.3 is 15.2 Å². The third-order valence-electron chi connectivity index (χ3n) is 5.22. The number of anilines is 1. The summed E-state index contributed by atoms with van der Waals surface area (Å²) >= 11 is 1.43. The number of fused-ring (bicyclic) bond motifs is 1. The Morgan fingerprint density at radius 1 is 1.15 bits per heavy atom. The highest BCUT2D eigenvalue weighted by Gasteiger charge is 2.35. The van der Waals surface area contributed by atoms with Crippen LogP contribution in [0.15, 0.2) is 12.2 Å². The van der Waals surface area contributed by atoms with Crippen molar-refractivity contribution >= 4 is 34.2 Å². The summed E-state index contributed by atoms with van der Waals surface area (Å²) in [5, 5.41) is 12.8. The summed E-state index contributed by atoms with van der Waals surface area (Å²) in [7, 11) is 0. The van der Waals surface area contributed by atoms with E-state index < -0.39 is 23.8 Å². The molecule has 0 fully saturated rings. The molecule has 146 valence electrons. The second kappa shape index (κ2) is 8.69.